The van der Waals surface area contributed by atoms with Crippen LogP contribution in [0.4, 0.5) is 13.2 Å². The first-order valence-electron chi connectivity index (χ1n) is 6.46. The molecule has 21 heavy (non-hydrogen) atoms. The largest absolute Gasteiger partial charge is 0.416 e. The van der Waals surface area contributed by atoms with Crippen LogP contribution in [0.1, 0.15) is 35.7 Å². The van der Waals surface area contributed by atoms with Gasteiger partial charge in [-0.3, -0.25) is 4.79 Å². The van der Waals surface area contributed by atoms with E-state index in [1.807, 2.05) is 0 Å². The second kappa shape index (κ2) is 8.17. The van der Waals surface area contributed by atoms with E-state index in [0.29, 0.717) is 16.9 Å². The van der Waals surface area contributed by atoms with Crippen molar-refractivity contribution in [2.45, 2.75) is 25.9 Å². The maximum Gasteiger partial charge on any atom is 0.416 e. The minimum atomic E-state index is -4.46. The van der Waals surface area contributed by atoms with E-state index in [2.05, 4.69) is 44.1 Å². The zero-order valence-electron chi connectivity index (χ0n) is 11.4. The summed E-state index contributed by atoms with van der Waals surface area (Å²) in [5, 5.41) is 3.54. The summed E-state index contributed by atoms with van der Waals surface area (Å²) in [6, 6.07) is 3.05. The van der Waals surface area contributed by atoms with Crippen molar-refractivity contribution in [3.63, 3.8) is 0 Å². The SMILES string of the molecule is CC(CBr)CCCNC(=O)c1cc(C(F)(F)F)ccc1Br. The Bertz CT molecular complexity index is 492. The zero-order chi connectivity index (χ0) is 16.0. The second-order valence-corrected chi connectivity index (χ2v) is 6.35. The van der Waals surface area contributed by atoms with E-state index < -0.39 is 17.6 Å². The molecule has 1 atom stereocenters. The lowest BCUT2D eigenvalue weighted by Crippen LogP contribution is -2.25. The summed E-state index contributed by atoms with van der Waals surface area (Å²) in [6.07, 6.45) is -2.73. The Morgan fingerprint density at radius 2 is 2.05 bits per heavy atom. The standard InChI is InChI=1S/C14H16Br2F3NO/c1-9(8-15)3-2-6-20-13(21)11-7-10(14(17,18)19)4-5-12(11)16/h4-5,7,9H,2-3,6,8H2,1H3,(H,20,21). The van der Waals surface area contributed by atoms with Crippen LogP contribution >= 0.6 is 31.9 Å². The Hall–Kier alpha value is -0.560. The van der Waals surface area contributed by atoms with Crippen LogP contribution in [0.2, 0.25) is 0 Å². The fraction of sp³-hybridized carbons (Fsp3) is 0.500. The van der Waals surface area contributed by atoms with E-state index in [1.165, 1.54) is 6.07 Å². The molecule has 0 aliphatic rings. The molecule has 0 fully saturated rings. The summed E-state index contributed by atoms with van der Waals surface area (Å²) in [4.78, 5) is 11.9. The van der Waals surface area contributed by atoms with Gasteiger partial charge in [-0.25, -0.2) is 0 Å². The number of carbonyl (C=O) groups is 1. The highest BCUT2D eigenvalue weighted by Gasteiger charge is 2.31. The monoisotopic (exact) mass is 429 g/mol. The average Bonchev–Trinajstić information content (AvgIpc) is 2.42. The molecule has 0 radical (unpaired) electrons. The van der Waals surface area contributed by atoms with Crippen LogP contribution in [0, 0.1) is 5.92 Å². The van der Waals surface area contributed by atoms with Gasteiger partial charge in [0.25, 0.3) is 5.91 Å². The van der Waals surface area contributed by atoms with Gasteiger partial charge in [0.05, 0.1) is 11.1 Å². The van der Waals surface area contributed by atoms with Crippen LogP contribution in [-0.4, -0.2) is 17.8 Å². The third kappa shape index (κ3) is 5.98. The molecule has 0 aliphatic heterocycles. The van der Waals surface area contributed by atoms with Crippen molar-refractivity contribution in [1.82, 2.24) is 5.32 Å². The van der Waals surface area contributed by atoms with Gasteiger partial charge in [-0.15, -0.1) is 0 Å². The lowest BCUT2D eigenvalue weighted by atomic mass is 10.1. The Morgan fingerprint density at radius 3 is 2.62 bits per heavy atom. The first-order valence-corrected chi connectivity index (χ1v) is 8.38. The Balaban J connectivity index is 2.65. The van der Waals surface area contributed by atoms with Gasteiger partial charge >= 0.3 is 6.18 Å². The minimum Gasteiger partial charge on any atom is -0.352 e. The quantitative estimate of drug-likeness (QED) is 0.498. The Kier molecular flexibility index (Phi) is 7.20. The van der Waals surface area contributed by atoms with Gasteiger partial charge in [0.2, 0.25) is 0 Å². The molecular formula is C14H16Br2F3NO. The Morgan fingerprint density at radius 1 is 1.38 bits per heavy atom. The van der Waals surface area contributed by atoms with Gasteiger partial charge in [-0.1, -0.05) is 22.9 Å². The van der Waals surface area contributed by atoms with Gasteiger partial charge in [-0.2, -0.15) is 13.2 Å². The molecule has 1 amide bonds. The molecule has 0 bridgehead atoms. The van der Waals surface area contributed by atoms with Crippen LogP contribution in [-0.2, 0) is 6.18 Å². The van der Waals surface area contributed by atoms with Crippen molar-refractivity contribution in [1.29, 1.82) is 0 Å². The topological polar surface area (TPSA) is 29.1 Å². The molecule has 1 rings (SSSR count). The third-order valence-corrected chi connectivity index (χ3v) is 4.76. The van der Waals surface area contributed by atoms with Gasteiger partial charge in [-0.05, 0) is 52.9 Å². The normalized spacial score (nSPS) is 13.0. The maximum atomic E-state index is 12.6. The van der Waals surface area contributed by atoms with Crippen molar-refractivity contribution in [3.05, 3.63) is 33.8 Å². The number of halogens is 5. The summed E-state index contributed by atoms with van der Waals surface area (Å²) in [5.41, 5.74) is -0.831. The van der Waals surface area contributed by atoms with Gasteiger partial charge in [0.15, 0.2) is 0 Å². The van der Waals surface area contributed by atoms with Crippen LogP contribution in [0.3, 0.4) is 0 Å². The smallest absolute Gasteiger partial charge is 0.352 e. The lowest BCUT2D eigenvalue weighted by molar-refractivity contribution is -0.137. The molecule has 0 aliphatic carbocycles. The summed E-state index contributed by atoms with van der Waals surface area (Å²) in [5.74, 6) is 0.00154. The van der Waals surface area contributed by atoms with Gasteiger partial charge in [0.1, 0.15) is 0 Å². The molecule has 0 saturated heterocycles. The van der Waals surface area contributed by atoms with E-state index in [9.17, 15) is 18.0 Å². The highest BCUT2D eigenvalue weighted by atomic mass is 79.9. The molecule has 118 valence electrons. The fourth-order valence-corrected chi connectivity index (χ4v) is 2.45. The van der Waals surface area contributed by atoms with Crippen molar-refractivity contribution in [2.24, 2.45) is 5.92 Å². The number of alkyl halides is 4. The second-order valence-electron chi connectivity index (χ2n) is 4.85. The number of nitrogens with one attached hydrogen (secondary N) is 1. The molecule has 2 nitrogen and oxygen atoms in total. The maximum absolute atomic E-state index is 12.6. The molecule has 0 spiro atoms. The molecule has 0 heterocycles. The Labute approximate surface area is 138 Å². The molecule has 1 N–H and O–H groups in total. The number of benzene rings is 1. The lowest BCUT2D eigenvalue weighted by Gasteiger charge is -2.12. The van der Waals surface area contributed by atoms with Crippen molar-refractivity contribution < 1.29 is 18.0 Å². The van der Waals surface area contributed by atoms with Crippen LogP contribution in [0.25, 0.3) is 0 Å². The number of carbonyl (C=O) groups excluding carboxylic acids is 1. The van der Waals surface area contributed by atoms with Crippen LogP contribution < -0.4 is 5.32 Å². The molecule has 1 aromatic carbocycles. The number of hydrogen-bond acceptors (Lipinski definition) is 1. The summed E-state index contributed by atoms with van der Waals surface area (Å²) in [6.45, 7) is 2.53. The van der Waals surface area contributed by atoms with E-state index in [1.54, 1.807) is 0 Å². The van der Waals surface area contributed by atoms with E-state index in [0.717, 1.165) is 30.3 Å². The fourth-order valence-electron chi connectivity index (χ4n) is 1.70. The summed E-state index contributed by atoms with van der Waals surface area (Å²) >= 11 is 6.48. The summed E-state index contributed by atoms with van der Waals surface area (Å²) < 4.78 is 38.3. The number of rotatable bonds is 6. The van der Waals surface area contributed by atoms with Gasteiger partial charge < -0.3 is 5.32 Å². The molecule has 7 heteroatoms. The highest BCUT2D eigenvalue weighted by Crippen LogP contribution is 2.31. The average molecular weight is 431 g/mol. The first kappa shape index (κ1) is 18.5. The minimum absolute atomic E-state index is 0.00151. The van der Waals surface area contributed by atoms with Gasteiger partial charge in [0, 0.05) is 16.3 Å². The van der Waals surface area contributed by atoms with Crippen molar-refractivity contribution >= 4 is 37.8 Å². The molecule has 1 aromatic rings. The third-order valence-electron chi connectivity index (χ3n) is 2.96. The predicted molar refractivity (Wildman–Crippen MR) is 83.7 cm³/mol. The molecular weight excluding hydrogens is 415 g/mol. The predicted octanol–water partition coefficient (Wildman–Crippen LogP) is 5.01. The van der Waals surface area contributed by atoms with E-state index >= 15 is 0 Å². The number of hydrogen-bond donors (Lipinski definition) is 1. The van der Waals surface area contributed by atoms with Crippen LogP contribution in [0.15, 0.2) is 22.7 Å². The van der Waals surface area contributed by atoms with Crippen molar-refractivity contribution in [3.8, 4) is 0 Å². The highest BCUT2D eigenvalue weighted by molar-refractivity contribution is 9.10. The molecule has 0 saturated carbocycles. The first-order chi connectivity index (χ1) is 9.75. The van der Waals surface area contributed by atoms with Crippen molar-refractivity contribution in [2.75, 3.05) is 11.9 Å². The number of amides is 1. The van der Waals surface area contributed by atoms with E-state index in [4.69, 9.17) is 0 Å². The molecule has 0 aromatic heterocycles. The summed E-state index contributed by atoms with van der Waals surface area (Å²) in [7, 11) is 0. The molecule has 1 unspecified atom stereocenters. The van der Waals surface area contributed by atoms with E-state index in [-0.39, 0.29) is 5.56 Å². The van der Waals surface area contributed by atoms with Crippen LogP contribution in [0.5, 0.6) is 0 Å². The zero-order valence-corrected chi connectivity index (χ0v) is 14.6.